The van der Waals surface area contributed by atoms with Crippen LogP contribution in [-0.4, -0.2) is 93.5 Å². The molecule has 6 aliphatic carbocycles. The molecule has 0 bridgehead atoms. The summed E-state index contributed by atoms with van der Waals surface area (Å²) in [5.74, 6) is -3.82. The van der Waals surface area contributed by atoms with Crippen LogP contribution < -0.4 is 0 Å². The van der Waals surface area contributed by atoms with Crippen LogP contribution in [0.15, 0.2) is 0 Å². The molecule has 0 heterocycles. The highest BCUT2D eigenvalue weighted by molar-refractivity contribution is 5.81. The number of aliphatic hydroxyl groups is 1. The van der Waals surface area contributed by atoms with E-state index in [9.17, 15) is 39.8 Å². The molecule has 57 heavy (non-hydrogen) atoms. The van der Waals surface area contributed by atoms with Crippen molar-refractivity contribution in [3.05, 3.63) is 10.1 Å². The maximum atomic E-state index is 13.0. The van der Waals surface area contributed by atoms with Crippen LogP contribution >= 0.6 is 0 Å². The van der Waals surface area contributed by atoms with Crippen LogP contribution in [0.2, 0.25) is 0 Å². The van der Waals surface area contributed by atoms with Gasteiger partial charge in [0.25, 0.3) is 0 Å². The maximum Gasteiger partial charge on any atom is 0.310 e. The molecule has 3 N–H and O–H groups in total. The van der Waals surface area contributed by atoms with Crippen LogP contribution in [-0.2, 0) is 38.4 Å². The molecule has 0 amide bonds. The molecule has 6 atom stereocenters. The molecule has 6 rings (SSSR count). The Kier molecular flexibility index (Phi) is 15.7. The third-order valence-corrected chi connectivity index (χ3v) is 15.2. The van der Waals surface area contributed by atoms with E-state index in [0.717, 1.165) is 77.0 Å². The van der Waals surface area contributed by atoms with Gasteiger partial charge in [0.2, 0.25) is 6.04 Å². The number of nitrogens with zero attached hydrogens (tertiary/aromatic N) is 1. The third-order valence-electron chi connectivity index (χ3n) is 15.2. The number of nitro groups is 1. The van der Waals surface area contributed by atoms with Crippen LogP contribution in [0.3, 0.4) is 0 Å². The highest BCUT2D eigenvalue weighted by Gasteiger charge is 2.46. The zero-order valence-corrected chi connectivity index (χ0v) is 34.2. The van der Waals surface area contributed by atoms with Gasteiger partial charge in [-0.2, -0.15) is 0 Å². The van der Waals surface area contributed by atoms with E-state index < -0.39 is 52.7 Å². The smallest absolute Gasteiger partial charge is 0.310 e. The lowest BCUT2D eigenvalue weighted by molar-refractivity contribution is -0.528. The quantitative estimate of drug-likeness (QED) is 0.0645. The Labute approximate surface area is 337 Å². The lowest BCUT2D eigenvalue weighted by Gasteiger charge is -2.47. The highest BCUT2D eigenvalue weighted by Crippen LogP contribution is 2.49. The van der Waals surface area contributed by atoms with E-state index in [1.54, 1.807) is 0 Å². The maximum absolute atomic E-state index is 13.0. The second-order valence-electron chi connectivity index (χ2n) is 19.1. The van der Waals surface area contributed by atoms with Gasteiger partial charge in [-0.25, -0.2) is 9.78 Å². The average molecular weight is 808 g/mol. The fraction of sp³-hybridized carbons (Fsp3) is 0.930. The number of aliphatic hydroxyl groups excluding tert-OH is 1. The van der Waals surface area contributed by atoms with E-state index in [4.69, 9.17) is 24.0 Å². The van der Waals surface area contributed by atoms with Gasteiger partial charge in [-0.05, 0) is 146 Å². The first kappa shape index (κ1) is 44.2. The summed E-state index contributed by atoms with van der Waals surface area (Å²) in [6.45, 7) is 5.14. The van der Waals surface area contributed by atoms with Crippen molar-refractivity contribution in [2.24, 2.45) is 40.9 Å². The van der Waals surface area contributed by atoms with Gasteiger partial charge in [0.05, 0.1) is 61.0 Å². The number of hydrogen-bond donors (Lipinski definition) is 3. The van der Waals surface area contributed by atoms with Crippen molar-refractivity contribution in [3.63, 3.8) is 0 Å². The number of hydrogen-bond acceptors (Lipinski definition) is 11. The number of carbonyl (C=O) groups excluding carboxylic acids is 1. The molecular weight excluding hydrogens is 738 g/mol. The molecule has 6 unspecified atom stereocenters. The number of carbonyl (C=O) groups is 3. The normalized spacial score (nSPS) is 39.5. The first-order valence-electron chi connectivity index (χ1n) is 22.3. The Balaban J connectivity index is 0.833. The number of esters is 1. The third kappa shape index (κ3) is 11.9. The Bertz CT molecular complexity index is 1330. The number of carboxylic acid groups (broad SMARTS) is 2. The average Bonchev–Trinajstić information content (AvgIpc) is 3.19. The van der Waals surface area contributed by atoms with Crippen LogP contribution in [0.1, 0.15) is 155 Å². The summed E-state index contributed by atoms with van der Waals surface area (Å²) in [4.78, 5) is 58.6. The summed E-state index contributed by atoms with van der Waals surface area (Å²) >= 11 is 0. The Morgan fingerprint density at radius 2 is 1.05 bits per heavy atom. The zero-order chi connectivity index (χ0) is 40.7. The number of aliphatic carboxylic acids is 2. The molecule has 6 aliphatic rings. The largest absolute Gasteiger partial charge is 0.481 e. The monoisotopic (exact) mass is 807 g/mol. The van der Waals surface area contributed by atoms with E-state index in [-0.39, 0.29) is 67.7 Å². The standard InChI is InChI=1S/C43H69NO13/c1-43(2,28-5-11-32(12-6-28)55-34-17-19-36(20-18-34)57-53-25-26-23-30(45)8-22-37(26)40(46)47)27-3-9-31(10-4-27)54-33-13-15-35(16-14-33)56-42(50)39-24-29(44(51)52)7-21-38(39)41(48)49/h26-39,45H,3-25H2,1-2H3,(H,46,47)(H,48,49). The van der Waals surface area contributed by atoms with E-state index in [2.05, 4.69) is 13.8 Å². The van der Waals surface area contributed by atoms with Crippen LogP contribution in [0.5, 0.6) is 0 Å². The van der Waals surface area contributed by atoms with Crippen molar-refractivity contribution in [1.82, 2.24) is 0 Å². The second kappa shape index (κ2) is 20.2. The molecule has 6 fully saturated rings. The molecule has 14 nitrogen and oxygen atoms in total. The first-order chi connectivity index (χ1) is 27.3. The minimum atomic E-state index is -1.09. The summed E-state index contributed by atoms with van der Waals surface area (Å²) < 4.78 is 19.0. The van der Waals surface area contributed by atoms with E-state index >= 15 is 0 Å². The topological polar surface area (TPSA) is 201 Å². The predicted molar refractivity (Wildman–Crippen MR) is 206 cm³/mol. The minimum absolute atomic E-state index is 0.0103. The summed E-state index contributed by atoms with van der Waals surface area (Å²) in [6.07, 6.45) is 17.2. The van der Waals surface area contributed by atoms with Crippen molar-refractivity contribution in [2.75, 3.05) is 6.61 Å². The molecule has 0 aromatic heterocycles. The molecule has 14 heteroatoms. The molecule has 0 spiro atoms. The van der Waals surface area contributed by atoms with E-state index in [1.165, 1.54) is 12.8 Å². The molecule has 0 saturated heterocycles. The van der Waals surface area contributed by atoms with Gasteiger partial charge >= 0.3 is 17.9 Å². The van der Waals surface area contributed by atoms with E-state index in [1.807, 2.05) is 0 Å². The molecule has 0 aliphatic heterocycles. The van der Waals surface area contributed by atoms with Crippen molar-refractivity contribution >= 4 is 17.9 Å². The molecule has 0 aromatic rings. The second-order valence-corrected chi connectivity index (χ2v) is 19.1. The van der Waals surface area contributed by atoms with E-state index in [0.29, 0.717) is 50.0 Å². The predicted octanol–water partition coefficient (Wildman–Crippen LogP) is 7.29. The molecular formula is C43H69NO13. The minimum Gasteiger partial charge on any atom is -0.481 e. The fourth-order valence-corrected chi connectivity index (χ4v) is 11.4. The van der Waals surface area contributed by atoms with Gasteiger partial charge < -0.3 is 29.5 Å². The van der Waals surface area contributed by atoms with Crippen LogP contribution in [0.4, 0.5) is 0 Å². The summed E-state index contributed by atoms with van der Waals surface area (Å²) in [5.41, 5.74) is 0.255. The SMILES string of the molecule is CC(C)(C1CCC(OC2CCC(OOCC3CC(O)CCC3C(=O)O)CC2)CC1)C1CCC(OC2CCC(OC(=O)C3CC([N+](=O)[O-])CCC3C(=O)O)CC2)CC1. The molecule has 6 saturated carbocycles. The molecule has 0 aromatic carbocycles. The van der Waals surface area contributed by atoms with Crippen LogP contribution in [0.25, 0.3) is 0 Å². The number of ether oxygens (including phenoxy) is 3. The fourth-order valence-electron chi connectivity index (χ4n) is 11.4. The van der Waals surface area contributed by atoms with Crippen molar-refractivity contribution in [3.8, 4) is 0 Å². The van der Waals surface area contributed by atoms with Gasteiger partial charge in [0.15, 0.2) is 0 Å². The first-order valence-corrected chi connectivity index (χ1v) is 22.3. The van der Waals surface area contributed by atoms with Crippen molar-refractivity contribution in [2.45, 2.75) is 204 Å². The number of rotatable bonds is 15. The Hall–Kier alpha value is -2.39. The van der Waals surface area contributed by atoms with Crippen molar-refractivity contribution in [1.29, 1.82) is 0 Å². The summed E-state index contributed by atoms with van der Waals surface area (Å²) in [7, 11) is 0. The lowest BCUT2D eigenvalue weighted by Crippen LogP contribution is -2.42. The van der Waals surface area contributed by atoms with Gasteiger partial charge in [0.1, 0.15) is 6.10 Å². The van der Waals surface area contributed by atoms with Gasteiger partial charge in [0, 0.05) is 23.7 Å². The van der Waals surface area contributed by atoms with Crippen molar-refractivity contribution < 1.29 is 58.6 Å². The summed E-state index contributed by atoms with van der Waals surface area (Å²) in [5, 5.41) is 40.5. The Morgan fingerprint density at radius 1 is 0.596 bits per heavy atom. The summed E-state index contributed by atoms with van der Waals surface area (Å²) in [6, 6.07) is -0.904. The number of carboxylic acids is 2. The Morgan fingerprint density at radius 3 is 1.54 bits per heavy atom. The zero-order valence-electron chi connectivity index (χ0n) is 34.2. The molecule has 0 radical (unpaired) electrons. The van der Waals surface area contributed by atoms with Gasteiger partial charge in [-0.3, -0.25) is 24.5 Å². The molecule has 324 valence electrons. The van der Waals surface area contributed by atoms with Crippen LogP contribution in [0, 0.1) is 51.0 Å². The van der Waals surface area contributed by atoms with Gasteiger partial charge in [-0.1, -0.05) is 13.8 Å². The van der Waals surface area contributed by atoms with Gasteiger partial charge in [-0.15, -0.1) is 0 Å². The highest BCUT2D eigenvalue weighted by atomic mass is 17.2. The lowest BCUT2D eigenvalue weighted by atomic mass is 9.60.